The molecular weight excluding hydrogens is 292 g/mol. The highest BCUT2D eigenvalue weighted by Crippen LogP contribution is 2.24. The van der Waals surface area contributed by atoms with Crippen molar-refractivity contribution in [1.29, 1.82) is 0 Å². The average Bonchev–Trinajstić information content (AvgIpc) is 3.03. The van der Waals surface area contributed by atoms with Gasteiger partial charge in [0.2, 0.25) is 0 Å². The molecule has 0 aliphatic heterocycles. The monoisotopic (exact) mass is 308 g/mol. The Bertz CT molecular complexity index is 662. The first-order valence-corrected chi connectivity index (χ1v) is 7.23. The van der Waals surface area contributed by atoms with E-state index in [4.69, 9.17) is 4.74 Å². The van der Waals surface area contributed by atoms with Gasteiger partial charge >= 0.3 is 5.97 Å². The Labute approximate surface area is 125 Å². The van der Waals surface area contributed by atoms with Crippen LogP contribution >= 0.6 is 11.3 Å². The Morgan fingerprint density at radius 3 is 2.81 bits per heavy atom. The van der Waals surface area contributed by atoms with Gasteiger partial charge in [0.1, 0.15) is 4.88 Å². The van der Waals surface area contributed by atoms with Crippen LogP contribution in [0.5, 0.6) is 0 Å². The van der Waals surface area contributed by atoms with Crippen LogP contribution in [0.4, 0.5) is 5.13 Å². The van der Waals surface area contributed by atoms with Gasteiger partial charge in [-0.25, -0.2) is 9.78 Å². The van der Waals surface area contributed by atoms with Crippen molar-refractivity contribution in [3.05, 3.63) is 28.5 Å². The van der Waals surface area contributed by atoms with Gasteiger partial charge < -0.3 is 10.1 Å². The number of anilines is 1. The molecule has 0 saturated carbocycles. The van der Waals surface area contributed by atoms with Crippen LogP contribution in [0.25, 0.3) is 0 Å². The van der Waals surface area contributed by atoms with E-state index in [-0.39, 0.29) is 18.1 Å². The molecule has 2 aromatic rings. The van der Waals surface area contributed by atoms with Crippen LogP contribution in [0.3, 0.4) is 0 Å². The maximum atomic E-state index is 11.8. The van der Waals surface area contributed by atoms with Crippen molar-refractivity contribution in [1.82, 2.24) is 14.8 Å². The Kier molecular flexibility index (Phi) is 4.69. The van der Waals surface area contributed by atoms with Gasteiger partial charge in [0.15, 0.2) is 16.6 Å². The quantitative estimate of drug-likeness (QED) is 0.647. The Morgan fingerprint density at radius 1 is 1.48 bits per heavy atom. The van der Waals surface area contributed by atoms with E-state index in [9.17, 15) is 9.59 Å². The SMILES string of the molecule is CCOC(=O)c1nc(NCc2cnn(C)c2)sc1C(C)=O. The molecule has 0 spiro atoms. The van der Waals surface area contributed by atoms with Gasteiger partial charge in [-0.3, -0.25) is 9.48 Å². The highest BCUT2D eigenvalue weighted by Gasteiger charge is 2.22. The second-order valence-electron chi connectivity index (χ2n) is 4.35. The minimum Gasteiger partial charge on any atom is -0.461 e. The number of Topliss-reactive ketones (excluding diaryl/α,β-unsaturated/α-hetero) is 1. The van der Waals surface area contributed by atoms with Crippen molar-refractivity contribution >= 4 is 28.2 Å². The molecule has 0 unspecified atom stereocenters. The van der Waals surface area contributed by atoms with Crippen molar-refractivity contribution in [3.8, 4) is 0 Å². The molecule has 0 amide bonds. The molecule has 112 valence electrons. The molecule has 0 bridgehead atoms. The van der Waals surface area contributed by atoms with Gasteiger partial charge in [-0.15, -0.1) is 0 Å². The molecular formula is C13H16N4O3S. The first-order valence-electron chi connectivity index (χ1n) is 6.41. The number of aryl methyl sites for hydroxylation is 1. The average molecular weight is 308 g/mol. The first kappa shape index (κ1) is 15.2. The summed E-state index contributed by atoms with van der Waals surface area (Å²) in [4.78, 5) is 27.8. The van der Waals surface area contributed by atoms with Gasteiger partial charge in [0.05, 0.1) is 12.8 Å². The number of hydrogen-bond acceptors (Lipinski definition) is 7. The van der Waals surface area contributed by atoms with Gasteiger partial charge in [-0.05, 0) is 6.92 Å². The normalized spacial score (nSPS) is 10.4. The molecule has 2 aromatic heterocycles. The zero-order chi connectivity index (χ0) is 15.4. The molecule has 0 fully saturated rings. The number of carbonyl (C=O) groups excluding carboxylic acids is 2. The molecule has 2 rings (SSSR count). The smallest absolute Gasteiger partial charge is 0.358 e. The third-order valence-electron chi connectivity index (χ3n) is 2.62. The number of hydrogen-bond donors (Lipinski definition) is 1. The van der Waals surface area contributed by atoms with Crippen molar-refractivity contribution < 1.29 is 14.3 Å². The lowest BCUT2D eigenvalue weighted by molar-refractivity contribution is 0.0517. The van der Waals surface area contributed by atoms with Crippen LogP contribution in [0.15, 0.2) is 12.4 Å². The van der Waals surface area contributed by atoms with Gasteiger partial charge in [0.25, 0.3) is 0 Å². The molecule has 0 atom stereocenters. The van der Waals surface area contributed by atoms with E-state index < -0.39 is 5.97 Å². The Balaban J connectivity index is 2.15. The number of nitrogens with one attached hydrogen (secondary N) is 1. The standard InChI is InChI=1S/C13H16N4O3S/c1-4-20-12(19)10-11(8(2)18)21-13(16-10)14-5-9-6-15-17(3)7-9/h6-7H,4-5H2,1-3H3,(H,14,16). The zero-order valence-electron chi connectivity index (χ0n) is 12.0. The molecule has 0 radical (unpaired) electrons. The van der Waals surface area contributed by atoms with E-state index in [2.05, 4.69) is 15.4 Å². The third-order valence-corrected chi connectivity index (χ3v) is 3.73. The lowest BCUT2D eigenvalue weighted by Crippen LogP contribution is -2.09. The molecule has 0 aliphatic rings. The van der Waals surface area contributed by atoms with Crippen molar-refractivity contribution in [2.45, 2.75) is 20.4 Å². The number of thiazole rings is 1. The number of ether oxygens (including phenoxy) is 1. The predicted octanol–water partition coefficient (Wildman–Crippen LogP) is 1.87. The summed E-state index contributed by atoms with van der Waals surface area (Å²) in [5.41, 5.74) is 1.05. The molecule has 2 heterocycles. The summed E-state index contributed by atoms with van der Waals surface area (Å²) in [7, 11) is 1.83. The lowest BCUT2D eigenvalue weighted by atomic mass is 10.3. The predicted molar refractivity (Wildman–Crippen MR) is 78.6 cm³/mol. The van der Waals surface area contributed by atoms with Crippen LogP contribution in [-0.4, -0.2) is 33.1 Å². The Morgan fingerprint density at radius 2 is 2.24 bits per heavy atom. The fraction of sp³-hybridized carbons (Fsp3) is 0.385. The lowest BCUT2D eigenvalue weighted by Gasteiger charge is -1.99. The maximum absolute atomic E-state index is 11.8. The van der Waals surface area contributed by atoms with Crippen LogP contribution in [0.2, 0.25) is 0 Å². The van der Waals surface area contributed by atoms with Crippen LogP contribution in [-0.2, 0) is 18.3 Å². The van der Waals surface area contributed by atoms with E-state index in [0.717, 1.165) is 16.9 Å². The molecule has 7 nitrogen and oxygen atoms in total. The summed E-state index contributed by atoms with van der Waals surface area (Å²) in [6.45, 7) is 3.87. The van der Waals surface area contributed by atoms with Crippen molar-refractivity contribution in [2.24, 2.45) is 7.05 Å². The van der Waals surface area contributed by atoms with Gasteiger partial charge in [0, 0.05) is 32.3 Å². The highest BCUT2D eigenvalue weighted by molar-refractivity contribution is 7.17. The van der Waals surface area contributed by atoms with E-state index in [0.29, 0.717) is 16.6 Å². The first-order chi connectivity index (χ1) is 10.0. The largest absolute Gasteiger partial charge is 0.461 e. The number of aromatic nitrogens is 3. The van der Waals surface area contributed by atoms with Crippen molar-refractivity contribution in [3.63, 3.8) is 0 Å². The summed E-state index contributed by atoms with van der Waals surface area (Å²) in [5, 5.41) is 7.65. The second kappa shape index (κ2) is 6.49. The summed E-state index contributed by atoms with van der Waals surface area (Å²) >= 11 is 1.15. The molecule has 0 aliphatic carbocycles. The number of carbonyl (C=O) groups is 2. The molecule has 1 N–H and O–H groups in total. The molecule has 8 heteroatoms. The van der Waals surface area contributed by atoms with Crippen molar-refractivity contribution in [2.75, 3.05) is 11.9 Å². The summed E-state index contributed by atoms with van der Waals surface area (Å²) in [5.74, 6) is -0.779. The molecule has 0 saturated heterocycles. The van der Waals surface area contributed by atoms with Crippen LogP contribution < -0.4 is 5.32 Å². The van der Waals surface area contributed by atoms with Gasteiger partial charge in [-0.2, -0.15) is 5.10 Å². The minimum atomic E-state index is -0.576. The fourth-order valence-corrected chi connectivity index (χ4v) is 2.56. The van der Waals surface area contributed by atoms with Gasteiger partial charge in [-0.1, -0.05) is 11.3 Å². The minimum absolute atomic E-state index is 0.0723. The fourth-order valence-electron chi connectivity index (χ4n) is 1.71. The summed E-state index contributed by atoms with van der Waals surface area (Å²) in [6, 6.07) is 0. The van der Waals surface area contributed by atoms with E-state index in [1.54, 1.807) is 17.8 Å². The van der Waals surface area contributed by atoms with E-state index >= 15 is 0 Å². The topological polar surface area (TPSA) is 86.1 Å². The zero-order valence-corrected chi connectivity index (χ0v) is 12.9. The summed E-state index contributed by atoms with van der Waals surface area (Å²) in [6.07, 6.45) is 3.61. The van der Waals surface area contributed by atoms with E-state index in [1.807, 2.05) is 13.2 Å². The number of ketones is 1. The van der Waals surface area contributed by atoms with Crippen LogP contribution in [0, 0.1) is 0 Å². The van der Waals surface area contributed by atoms with Crippen LogP contribution in [0.1, 0.15) is 39.6 Å². The third kappa shape index (κ3) is 3.66. The summed E-state index contributed by atoms with van der Waals surface area (Å²) < 4.78 is 6.61. The number of nitrogens with zero attached hydrogens (tertiary/aromatic N) is 3. The number of rotatable bonds is 6. The highest BCUT2D eigenvalue weighted by atomic mass is 32.1. The Hall–Kier alpha value is -2.22. The maximum Gasteiger partial charge on any atom is 0.358 e. The van der Waals surface area contributed by atoms with E-state index in [1.165, 1.54) is 6.92 Å². The molecule has 0 aromatic carbocycles. The second-order valence-corrected chi connectivity index (χ2v) is 5.35. The number of esters is 1. The molecule has 21 heavy (non-hydrogen) atoms.